The van der Waals surface area contributed by atoms with E-state index in [4.69, 9.17) is 26.4 Å². The average molecular weight is 398 g/mol. The van der Waals surface area contributed by atoms with Crippen molar-refractivity contribution in [3.05, 3.63) is 59.7 Å². The number of rotatable bonds is 7. The number of amides is 2. The van der Waals surface area contributed by atoms with Crippen molar-refractivity contribution in [3.63, 3.8) is 0 Å². The van der Waals surface area contributed by atoms with Gasteiger partial charge in [0, 0.05) is 6.07 Å². The molecule has 2 amide bonds. The fourth-order valence-electron chi connectivity index (χ4n) is 2.44. The molecule has 0 unspecified atom stereocenters. The van der Waals surface area contributed by atoms with E-state index in [0.717, 1.165) is 5.75 Å². The predicted octanol–water partition coefficient (Wildman–Crippen LogP) is 2.07. The third-order valence-corrected chi connectivity index (χ3v) is 4.00. The van der Waals surface area contributed by atoms with Gasteiger partial charge in [0.2, 0.25) is 0 Å². The predicted molar refractivity (Wildman–Crippen MR) is 107 cm³/mol. The molecule has 2 N–H and O–H groups in total. The summed E-state index contributed by atoms with van der Waals surface area (Å²) in [5, 5.41) is 4.79. The molecule has 28 heavy (non-hydrogen) atoms. The first-order valence-corrected chi connectivity index (χ1v) is 8.84. The summed E-state index contributed by atoms with van der Waals surface area (Å²) in [6.07, 6.45) is 1.49. The van der Waals surface area contributed by atoms with Crippen LogP contribution in [-0.4, -0.2) is 37.3 Å². The second-order valence-electron chi connectivity index (χ2n) is 5.74. The Labute approximate surface area is 167 Å². The standard InChI is InChI=1S/C20H18N2O5S/c1-25-15-3-2-4-16(12-15)27-10-9-26-14-7-5-13(6-8-14)11-17-18(23)21-20(28)22-19(17)24/h2-8,11-12H,9-10H2,1H3,(H2,21,22,23,24,28). The monoisotopic (exact) mass is 398 g/mol. The molecule has 2 aromatic carbocycles. The van der Waals surface area contributed by atoms with Crippen LogP contribution in [0, 0.1) is 0 Å². The molecule has 0 bridgehead atoms. The lowest BCUT2D eigenvalue weighted by Gasteiger charge is -2.16. The summed E-state index contributed by atoms with van der Waals surface area (Å²) in [5.41, 5.74) is 0.682. The average Bonchev–Trinajstić information content (AvgIpc) is 2.69. The van der Waals surface area contributed by atoms with Gasteiger partial charge in [0.25, 0.3) is 11.8 Å². The second kappa shape index (κ2) is 9.01. The minimum absolute atomic E-state index is 0.00559. The summed E-state index contributed by atoms with van der Waals surface area (Å²) >= 11 is 4.76. The van der Waals surface area contributed by atoms with E-state index >= 15 is 0 Å². The normalized spacial score (nSPS) is 13.5. The van der Waals surface area contributed by atoms with Crippen LogP contribution in [0.15, 0.2) is 54.1 Å². The zero-order valence-corrected chi connectivity index (χ0v) is 15.9. The highest BCUT2D eigenvalue weighted by atomic mass is 32.1. The smallest absolute Gasteiger partial charge is 0.263 e. The molecular formula is C20H18N2O5S. The number of thiocarbonyl (C=S) groups is 1. The number of carbonyl (C=O) groups excluding carboxylic acids is 2. The summed E-state index contributed by atoms with van der Waals surface area (Å²) in [7, 11) is 1.60. The van der Waals surface area contributed by atoms with Crippen LogP contribution in [0.4, 0.5) is 0 Å². The maximum atomic E-state index is 11.8. The van der Waals surface area contributed by atoms with Gasteiger partial charge in [-0.05, 0) is 48.1 Å². The Morgan fingerprint density at radius 2 is 1.50 bits per heavy atom. The van der Waals surface area contributed by atoms with Crippen LogP contribution in [0.3, 0.4) is 0 Å². The molecule has 7 nitrogen and oxygen atoms in total. The van der Waals surface area contributed by atoms with Gasteiger partial charge >= 0.3 is 0 Å². The molecule has 0 saturated carbocycles. The van der Waals surface area contributed by atoms with E-state index in [1.54, 1.807) is 37.4 Å². The van der Waals surface area contributed by atoms with Gasteiger partial charge in [-0.3, -0.25) is 20.2 Å². The molecule has 0 radical (unpaired) electrons. The van der Waals surface area contributed by atoms with E-state index in [1.807, 2.05) is 18.2 Å². The number of nitrogens with one attached hydrogen (secondary N) is 2. The SMILES string of the molecule is COc1cccc(OCCOc2ccc(C=C3C(=O)NC(=S)NC3=O)cc2)c1. The first-order chi connectivity index (χ1) is 13.5. The Kier molecular flexibility index (Phi) is 6.23. The first kappa shape index (κ1) is 19.4. The van der Waals surface area contributed by atoms with Crippen LogP contribution in [0.5, 0.6) is 17.2 Å². The van der Waals surface area contributed by atoms with Crippen molar-refractivity contribution in [1.29, 1.82) is 0 Å². The maximum absolute atomic E-state index is 11.8. The van der Waals surface area contributed by atoms with Crippen molar-refractivity contribution in [3.8, 4) is 17.2 Å². The van der Waals surface area contributed by atoms with Gasteiger partial charge in [-0.25, -0.2) is 0 Å². The lowest BCUT2D eigenvalue weighted by atomic mass is 10.1. The molecule has 0 spiro atoms. The van der Waals surface area contributed by atoms with Crippen LogP contribution in [0.2, 0.25) is 0 Å². The summed E-state index contributed by atoms with van der Waals surface area (Å²) in [6.45, 7) is 0.735. The van der Waals surface area contributed by atoms with Gasteiger partial charge in [0.05, 0.1) is 7.11 Å². The van der Waals surface area contributed by atoms with E-state index in [1.165, 1.54) is 6.08 Å². The molecule has 2 aromatic rings. The second-order valence-corrected chi connectivity index (χ2v) is 6.15. The molecule has 1 heterocycles. The molecule has 3 rings (SSSR count). The number of hydrogen-bond donors (Lipinski definition) is 2. The van der Waals surface area contributed by atoms with Crippen molar-refractivity contribution >= 4 is 35.2 Å². The highest BCUT2D eigenvalue weighted by molar-refractivity contribution is 7.80. The van der Waals surface area contributed by atoms with Crippen LogP contribution < -0.4 is 24.8 Å². The Morgan fingerprint density at radius 3 is 2.14 bits per heavy atom. The van der Waals surface area contributed by atoms with Crippen molar-refractivity contribution in [1.82, 2.24) is 10.6 Å². The van der Waals surface area contributed by atoms with Crippen molar-refractivity contribution in [2.24, 2.45) is 0 Å². The zero-order valence-electron chi connectivity index (χ0n) is 15.1. The summed E-state index contributed by atoms with van der Waals surface area (Å²) < 4.78 is 16.4. The van der Waals surface area contributed by atoms with E-state index < -0.39 is 11.8 Å². The number of ether oxygens (including phenoxy) is 3. The molecule has 0 aliphatic carbocycles. The number of carbonyl (C=O) groups is 2. The zero-order chi connectivity index (χ0) is 19.9. The van der Waals surface area contributed by atoms with E-state index in [9.17, 15) is 9.59 Å². The minimum atomic E-state index is -0.524. The number of benzene rings is 2. The Morgan fingerprint density at radius 1 is 0.893 bits per heavy atom. The van der Waals surface area contributed by atoms with Crippen molar-refractivity contribution in [2.75, 3.05) is 20.3 Å². The third-order valence-electron chi connectivity index (χ3n) is 3.80. The number of hydrogen-bond acceptors (Lipinski definition) is 6. The summed E-state index contributed by atoms with van der Waals surface area (Å²) in [4.78, 5) is 23.7. The van der Waals surface area contributed by atoms with E-state index in [0.29, 0.717) is 30.3 Å². The topological polar surface area (TPSA) is 85.9 Å². The summed E-state index contributed by atoms with van der Waals surface area (Å²) in [5.74, 6) is 1.03. The highest BCUT2D eigenvalue weighted by Gasteiger charge is 2.25. The van der Waals surface area contributed by atoms with Gasteiger partial charge in [0.15, 0.2) is 5.11 Å². The molecule has 1 saturated heterocycles. The Hall–Kier alpha value is -3.39. The van der Waals surface area contributed by atoms with Crippen LogP contribution in [0.25, 0.3) is 6.08 Å². The van der Waals surface area contributed by atoms with Crippen molar-refractivity contribution < 1.29 is 23.8 Å². The molecule has 0 aromatic heterocycles. The van der Waals surface area contributed by atoms with Crippen LogP contribution >= 0.6 is 12.2 Å². The van der Waals surface area contributed by atoms with Crippen LogP contribution in [-0.2, 0) is 9.59 Å². The summed E-state index contributed by atoms with van der Waals surface area (Å²) in [6, 6.07) is 14.3. The largest absolute Gasteiger partial charge is 0.497 e. The van der Waals surface area contributed by atoms with Crippen molar-refractivity contribution in [2.45, 2.75) is 0 Å². The first-order valence-electron chi connectivity index (χ1n) is 8.43. The van der Waals surface area contributed by atoms with Crippen LogP contribution in [0.1, 0.15) is 5.56 Å². The minimum Gasteiger partial charge on any atom is -0.497 e. The molecule has 8 heteroatoms. The molecule has 0 atom stereocenters. The van der Waals surface area contributed by atoms with Gasteiger partial charge in [-0.15, -0.1) is 0 Å². The fraction of sp³-hybridized carbons (Fsp3) is 0.150. The fourth-order valence-corrected chi connectivity index (χ4v) is 2.63. The molecule has 1 aliphatic heterocycles. The quantitative estimate of drug-likeness (QED) is 0.321. The van der Waals surface area contributed by atoms with Gasteiger partial charge in [0.1, 0.15) is 36.0 Å². The molecule has 1 aliphatic rings. The van der Waals surface area contributed by atoms with Gasteiger partial charge in [-0.1, -0.05) is 18.2 Å². The van der Waals surface area contributed by atoms with Gasteiger partial charge in [-0.2, -0.15) is 0 Å². The molecular weight excluding hydrogens is 380 g/mol. The van der Waals surface area contributed by atoms with Gasteiger partial charge < -0.3 is 14.2 Å². The van der Waals surface area contributed by atoms with E-state index in [2.05, 4.69) is 10.6 Å². The number of methoxy groups -OCH3 is 1. The molecule has 1 fully saturated rings. The maximum Gasteiger partial charge on any atom is 0.263 e. The third kappa shape index (κ3) is 5.08. The lowest BCUT2D eigenvalue weighted by molar-refractivity contribution is -0.123. The van der Waals surface area contributed by atoms with E-state index in [-0.39, 0.29) is 10.7 Å². The Bertz CT molecular complexity index is 902. The molecule has 144 valence electrons. The highest BCUT2D eigenvalue weighted by Crippen LogP contribution is 2.19. The lowest BCUT2D eigenvalue weighted by Crippen LogP contribution is -2.51. The Balaban J connectivity index is 1.52.